The van der Waals surface area contributed by atoms with E-state index in [1.165, 1.54) is 77.7 Å². The van der Waals surface area contributed by atoms with Crippen LogP contribution in [-0.4, -0.2) is 9.97 Å². The van der Waals surface area contributed by atoms with Gasteiger partial charge in [-0.25, -0.2) is 4.98 Å². The van der Waals surface area contributed by atoms with E-state index in [1.54, 1.807) is 0 Å². The molecule has 14 rings (SSSR count). The van der Waals surface area contributed by atoms with Crippen molar-refractivity contribution >= 4 is 88.2 Å². The Labute approximate surface area is 395 Å². The van der Waals surface area contributed by atoms with Gasteiger partial charge in [0, 0.05) is 56.7 Å². The summed E-state index contributed by atoms with van der Waals surface area (Å²) in [5.74, 6) is 0. The quantitative estimate of drug-likeness (QED) is 0.130. The van der Waals surface area contributed by atoms with Crippen LogP contribution in [0.3, 0.4) is 0 Å². The maximum absolute atomic E-state index is 5.64. The highest BCUT2D eigenvalue weighted by Gasteiger charge is 2.27. The Morgan fingerprint density at radius 3 is 1.37 bits per heavy atom. The van der Waals surface area contributed by atoms with Gasteiger partial charge in [-0.3, -0.25) is 4.98 Å². The fourth-order valence-corrected chi connectivity index (χ4v) is 11.4. The SMILES string of the molecule is c1ccc2c(c1)CCc1ccccc1N2c1ccc2c(-c3ccc4ccc5cccnc5c4n3)c3cc(N4c5ccccc5CCc5ccccc54)ccc3c(-c3ccc4ccccc4c3)c2c1. The van der Waals surface area contributed by atoms with Gasteiger partial charge in [0.15, 0.2) is 0 Å². The summed E-state index contributed by atoms with van der Waals surface area (Å²) in [7, 11) is 0. The van der Waals surface area contributed by atoms with E-state index < -0.39 is 0 Å². The highest BCUT2D eigenvalue weighted by molar-refractivity contribution is 6.23. The number of para-hydroxylation sites is 4. The summed E-state index contributed by atoms with van der Waals surface area (Å²) in [6.45, 7) is 0. The first-order valence-electron chi connectivity index (χ1n) is 23.8. The zero-order valence-corrected chi connectivity index (χ0v) is 37.4. The Morgan fingerprint density at radius 2 is 0.779 bits per heavy atom. The van der Waals surface area contributed by atoms with Gasteiger partial charge in [-0.1, -0.05) is 146 Å². The monoisotopic (exact) mass is 868 g/mol. The van der Waals surface area contributed by atoms with Crippen molar-refractivity contribution in [1.82, 2.24) is 9.97 Å². The topological polar surface area (TPSA) is 32.3 Å². The lowest BCUT2D eigenvalue weighted by molar-refractivity contribution is 0.977. The largest absolute Gasteiger partial charge is 0.310 e. The Morgan fingerprint density at radius 1 is 0.324 bits per heavy atom. The maximum atomic E-state index is 5.64. The standard InChI is InChI=1S/C64H44N4/c1-2-17-48-38-49(30-23-41(48)12-1)61-52-34-32-51(68-59-21-9-5-15-44(59)26-27-45-16-6-10-22-60(45)68)40-55(52)62(56-36-31-47-29-28-46-18-11-37-65-63(46)64(47)66-56)53-35-33-50(39-54(53)61)67-57-19-7-3-13-42(57)24-25-43-14-4-8-20-58(43)67/h1-23,28-40H,24-27H2. The van der Waals surface area contributed by atoms with Crippen LogP contribution in [0.15, 0.2) is 219 Å². The molecule has 0 bridgehead atoms. The summed E-state index contributed by atoms with van der Waals surface area (Å²) in [5, 5.41) is 9.24. The summed E-state index contributed by atoms with van der Waals surface area (Å²) in [5.41, 5.74) is 18.8. The second-order valence-electron chi connectivity index (χ2n) is 18.4. The van der Waals surface area contributed by atoms with E-state index in [9.17, 15) is 0 Å². The van der Waals surface area contributed by atoms with Crippen LogP contribution < -0.4 is 9.80 Å². The summed E-state index contributed by atoms with van der Waals surface area (Å²) in [6, 6.07) is 78.7. The van der Waals surface area contributed by atoms with Crippen molar-refractivity contribution in [2.24, 2.45) is 0 Å². The van der Waals surface area contributed by atoms with E-state index in [0.29, 0.717) is 0 Å². The van der Waals surface area contributed by atoms with E-state index in [2.05, 4.69) is 216 Å². The second kappa shape index (κ2) is 15.5. The first-order chi connectivity index (χ1) is 33.7. The fraction of sp³-hybridized carbons (Fsp3) is 0.0625. The van der Waals surface area contributed by atoms with Crippen LogP contribution >= 0.6 is 0 Å². The molecule has 0 amide bonds. The molecule has 0 radical (unpaired) electrons. The summed E-state index contributed by atoms with van der Waals surface area (Å²) < 4.78 is 0. The molecule has 320 valence electrons. The molecule has 4 nitrogen and oxygen atoms in total. The molecule has 68 heavy (non-hydrogen) atoms. The third kappa shape index (κ3) is 6.14. The maximum Gasteiger partial charge on any atom is 0.0972 e. The lowest BCUT2D eigenvalue weighted by Crippen LogP contribution is -2.12. The van der Waals surface area contributed by atoms with Crippen LogP contribution in [0, 0.1) is 0 Å². The van der Waals surface area contributed by atoms with E-state index >= 15 is 0 Å². The first kappa shape index (κ1) is 38.6. The highest BCUT2D eigenvalue weighted by atomic mass is 15.2. The van der Waals surface area contributed by atoms with Crippen LogP contribution in [-0.2, 0) is 25.7 Å². The fourth-order valence-electron chi connectivity index (χ4n) is 11.4. The minimum absolute atomic E-state index is 0.904. The molecule has 0 saturated heterocycles. The third-order valence-electron chi connectivity index (χ3n) is 14.6. The Balaban J connectivity index is 1.12. The number of benzene rings is 10. The summed E-state index contributed by atoms with van der Waals surface area (Å²) >= 11 is 0. The minimum atomic E-state index is 0.904. The van der Waals surface area contributed by atoms with Crippen molar-refractivity contribution in [2.45, 2.75) is 25.7 Å². The van der Waals surface area contributed by atoms with Gasteiger partial charge < -0.3 is 9.80 Å². The molecule has 10 aromatic carbocycles. The molecule has 2 aromatic heterocycles. The van der Waals surface area contributed by atoms with Gasteiger partial charge in [-0.05, 0) is 158 Å². The van der Waals surface area contributed by atoms with Crippen LogP contribution in [0.4, 0.5) is 34.1 Å². The molecular weight excluding hydrogens is 825 g/mol. The van der Waals surface area contributed by atoms with E-state index in [0.717, 1.165) is 80.9 Å². The molecule has 12 aromatic rings. The number of hydrogen-bond donors (Lipinski definition) is 0. The molecule has 4 heterocycles. The Kier molecular flexibility index (Phi) is 8.81. The first-order valence-corrected chi connectivity index (χ1v) is 23.8. The second-order valence-corrected chi connectivity index (χ2v) is 18.4. The number of pyridine rings is 2. The number of hydrogen-bond acceptors (Lipinski definition) is 4. The number of anilines is 6. The van der Waals surface area contributed by atoms with Crippen molar-refractivity contribution in [3.8, 4) is 22.4 Å². The molecule has 0 saturated carbocycles. The van der Waals surface area contributed by atoms with Crippen LogP contribution in [0.25, 0.3) is 76.5 Å². The zero-order valence-electron chi connectivity index (χ0n) is 37.4. The lowest BCUT2D eigenvalue weighted by Gasteiger charge is -2.29. The van der Waals surface area contributed by atoms with E-state index in [-0.39, 0.29) is 0 Å². The van der Waals surface area contributed by atoms with Crippen molar-refractivity contribution < 1.29 is 0 Å². The predicted molar refractivity (Wildman–Crippen MR) is 285 cm³/mol. The minimum Gasteiger partial charge on any atom is -0.310 e. The summed E-state index contributed by atoms with van der Waals surface area (Å²) in [4.78, 5) is 15.5. The molecule has 4 heteroatoms. The number of aromatic nitrogens is 2. The van der Waals surface area contributed by atoms with Crippen LogP contribution in [0.1, 0.15) is 22.3 Å². The number of fused-ring (bicyclic) bond motifs is 10. The molecule has 0 aliphatic carbocycles. The Hall–Kier alpha value is -8.60. The zero-order chi connectivity index (χ0) is 44.7. The molecule has 0 fully saturated rings. The smallest absolute Gasteiger partial charge is 0.0972 e. The third-order valence-corrected chi connectivity index (χ3v) is 14.6. The molecule has 0 spiro atoms. The van der Waals surface area contributed by atoms with E-state index in [1.807, 2.05) is 12.3 Å². The Bertz CT molecular complexity index is 3920. The van der Waals surface area contributed by atoms with Gasteiger partial charge >= 0.3 is 0 Å². The van der Waals surface area contributed by atoms with Gasteiger partial charge in [0.1, 0.15) is 0 Å². The molecule has 2 aliphatic heterocycles. The normalized spacial score (nSPS) is 13.3. The van der Waals surface area contributed by atoms with Crippen molar-refractivity contribution in [3.05, 3.63) is 241 Å². The number of nitrogens with zero attached hydrogens (tertiary/aromatic N) is 4. The average Bonchev–Trinajstić information content (AvgIpc) is 3.68. The van der Waals surface area contributed by atoms with Crippen LogP contribution in [0.5, 0.6) is 0 Å². The molecule has 0 unspecified atom stereocenters. The van der Waals surface area contributed by atoms with Crippen molar-refractivity contribution in [1.29, 1.82) is 0 Å². The number of rotatable bonds is 4. The van der Waals surface area contributed by atoms with Gasteiger partial charge in [0.2, 0.25) is 0 Å². The van der Waals surface area contributed by atoms with Gasteiger partial charge in [-0.2, -0.15) is 0 Å². The van der Waals surface area contributed by atoms with Gasteiger partial charge in [0.05, 0.1) is 16.7 Å². The number of aryl methyl sites for hydroxylation is 4. The molecule has 2 aliphatic rings. The summed E-state index contributed by atoms with van der Waals surface area (Å²) in [6.07, 6.45) is 5.82. The van der Waals surface area contributed by atoms with Crippen molar-refractivity contribution in [2.75, 3.05) is 9.80 Å². The highest BCUT2D eigenvalue weighted by Crippen LogP contribution is 2.50. The lowest BCUT2D eigenvalue weighted by atomic mass is 9.86. The molecular formula is C64H44N4. The average molecular weight is 869 g/mol. The van der Waals surface area contributed by atoms with Crippen LogP contribution in [0.2, 0.25) is 0 Å². The van der Waals surface area contributed by atoms with Gasteiger partial charge in [-0.15, -0.1) is 0 Å². The molecule has 0 atom stereocenters. The molecule has 0 N–H and O–H groups in total. The van der Waals surface area contributed by atoms with Crippen molar-refractivity contribution in [3.63, 3.8) is 0 Å². The van der Waals surface area contributed by atoms with Gasteiger partial charge in [0.25, 0.3) is 0 Å². The predicted octanol–water partition coefficient (Wildman–Crippen LogP) is 16.7. The van der Waals surface area contributed by atoms with E-state index in [4.69, 9.17) is 9.97 Å².